The molecule has 0 bridgehead atoms. The van der Waals surface area contributed by atoms with Crippen molar-refractivity contribution in [2.75, 3.05) is 5.32 Å². The molecule has 1 unspecified atom stereocenters. The molecule has 8 nitrogen and oxygen atoms in total. The Morgan fingerprint density at radius 3 is 2.86 bits per heavy atom. The van der Waals surface area contributed by atoms with Crippen LogP contribution in [0.5, 0.6) is 5.75 Å². The van der Waals surface area contributed by atoms with Crippen molar-refractivity contribution in [2.24, 2.45) is 0 Å². The van der Waals surface area contributed by atoms with Crippen molar-refractivity contribution in [3.05, 3.63) is 65.1 Å². The van der Waals surface area contributed by atoms with Gasteiger partial charge in [-0.25, -0.2) is 25.2 Å². The van der Waals surface area contributed by atoms with Crippen LogP contribution in [0.2, 0.25) is 5.15 Å². The number of carbonyl (C=O) groups is 1. The predicted octanol–water partition coefficient (Wildman–Crippen LogP) is 3.64. The molecule has 0 saturated heterocycles. The molecule has 1 amide bonds. The van der Waals surface area contributed by atoms with Gasteiger partial charge in [-0.3, -0.25) is 5.21 Å². The zero-order valence-electron chi connectivity index (χ0n) is 15.3. The number of amides is 1. The first-order valence-corrected chi connectivity index (χ1v) is 9.44. The molecule has 0 fully saturated rings. The highest BCUT2D eigenvalue weighted by molar-refractivity contribution is 6.29. The molecule has 2 heterocycles. The van der Waals surface area contributed by atoms with Crippen LogP contribution < -0.4 is 15.5 Å². The van der Waals surface area contributed by atoms with E-state index in [-0.39, 0.29) is 6.04 Å². The first-order chi connectivity index (χ1) is 14.1. The van der Waals surface area contributed by atoms with Crippen molar-refractivity contribution >= 4 is 23.6 Å². The van der Waals surface area contributed by atoms with Gasteiger partial charge in [0.2, 0.25) is 5.95 Å². The quantitative estimate of drug-likeness (QED) is 0.341. The molecule has 0 saturated carbocycles. The number of hydrogen-bond acceptors (Lipinski definition) is 7. The van der Waals surface area contributed by atoms with Crippen LogP contribution in [0.25, 0.3) is 11.3 Å². The van der Waals surface area contributed by atoms with E-state index < -0.39 is 6.09 Å². The minimum atomic E-state index is -0.919. The molecule has 1 aromatic carbocycles. The van der Waals surface area contributed by atoms with E-state index in [4.69, 9.17) is 21.5 Å². The van der Waals surface area contributed by atoms with Gasteiger partial charge in [0.25, 0.3) is 0 Å². The van der Waals surface area contributed by atoms with E-state index in [1.54, 1.807) is 24.5 Å². The van der Waals surface area contributed by atoms with Crippen LogP contribution in [0.3, 0.4) is 0 Å². The number of fused-ring (bicyclic) bond motifs is 1. The van der Waals surface area contributed by atoms with Gasteiger partial charge in [-0.05, 0) is 60.7 Å². The molecule has 4 rings (SSSR count). The Morgan fingerprint density at radius 1 is 1.17 bits per heavy atom. The maximum atomic E-state index is 11.2. The summed E-state index contributed by atoms with van der Waals surface area (Å²) in [7, 11) is 0. The number of hydrogen-bond donors (Lipinski definition) is 3. The molecule has 29 heavy (non-hydrogen) atoms. The second kappa shape index (κ2) is 8.42. The van der Waals surface area contributed by atoms with Crippen LogP contribution in [0.4, 0.5) is 10.7 Å². The summed E-state index contributed by atoms with van der Waals surface area (Å²) in [6.07, 6.45) is 5.02. The van der Waals surface area contributed by atoms with Gasteiger partial charge in [0.1, 0.15) is 10.9 Å². The number of benzene rings is 1. The molecule has 3 N–H and O–H groups in total. The lowest BCUT2D eigenvalue weighted by Gasteiger charge is -2.26. The van der Waals surface area contributed by atoms with Gasteiger partial charge in [-0.1, -0.05) is 17.7 Å². The predicted molar refractivity (Wildman–Crippen MR) is 107 cm³/mol. The van der Waals surface area contributed by atoms with Gasteiger partial charge in [-0.15, -0.1) is 0 Å². The SMILES string of the molecule is O=C(NO)Oc1ccc2c(c1)CC(Nc1nccc(-c3ccc(Cl)nc3)n1)CC2. The second-order valence-electron chi connectivity index (χ2n) is 6.65. The number of nitrogens with zero attached hydrogens (tertiary/aromatic N) is 3. The Balaban J connectivity index is 1.47. The Labute approximate surface area is 171 Å². The topological polar surface area (TPSA) is 109 Å². The van der Waals surface area contributed by atoms with E-state index in [9.17, 15) is 4.79 Å². The maximum absolute atomic E-state index is 11.2. The number of hydroxylamine groups is 1. The van der Waals surface area contributed by atoms with Gasteiger partial charge in [-0.2, -0.15) is 0 Å². The summed E-state index contributed by atoms with van der Waals surface area (Å²) in [6, 6.07) is 11.0. The van der Waals surface area contributed by atoms with Crippen molar-refractivity contribution in [2.45, 2.75) is 25.3 Å². The number of anilines is 1. The smallest absolute Gasteiger partial charge is 0.409 e. The Bertz CT molecular complexity index is 1030. The number of rotatable bonds is 4. The molecule has 148 valence electrons. The Morgan fingerprint density at radius 2 is 2.07 bits per heavy atom. The summed E-state index contributed by atoms with van der Waals surface area (Å²) in [4.78, 5) is 24.2. The van der Waals surface area contributed by atoms with E-state index in [1.165, 1.54) is 11.0 Å². The largest absolute Gasteiger partial charge is 0.436 e. The normalized spacial score (nSPS) is 15.3. The molecule has 1 atom stereocenters. The Kier molecular flexibility index (Phi) is 5.55. The monoisotopic (exact) mass is 411 g/mol. The summed E-state index contributed by atoms with van der Waals surface area (Å²) in [5.74, 6) is 0.919. The maximum Gasteiger partial charge on any atom is 0.436 e. The number of aryl methyl sites for hydroxylation is 1. The number of nitrogens with one attached hydrogen (secondary N) is 2. The highest BCUT2D eigenvalue weighted by atomic mass is 35.5. The fourth-order valence-electron chi connectivity index (χ4n) is 3.35. The van der Waals surface area contributed by atoms with E-state index in [0.717, 1.165) is 36.1 Å². The Hall–Kier alpha value is -3.23. The van der Waals surface area contributed by atoms with Gasteiger partial charge in [0, 0.05) is 24.0 Å². The third-order valence-electron chi connectivity index (χ3n) is 4.72. The lowest BCUT2D eigenvalue weighted by atomic mass is 9.88. The van der Waals surface area contributed by atoms with Gasteiger partial charge >= 0.3 is 6.09 Å². The molecule has 0 radical (unpaired) electrons. The van der Waals surface area contributed by atoms with Gasteiger partial charge in [0.15, 0.2) is 0 Å². The lowest BCUT2D eigenvalue weighted by molar-refractivity contribution is 0.127. The van der Waals surface area contributed by atoms with Crippen molar-refractivity contribution in [1.82, 2.24) is 20.4 Å². The van der Waals surface area contributed by atoms with E-state index >= 15 is 0 Å². The van der Waals surface area contributed by atoms with E-state index in [0.29, 0.717) is 16.9 Å². The highest BCUT2D eigenvalue weighted by Crippen LogP contribution is 2.27. The standard InChI is InChI=1S/C20H18ClN5O3/c21-18-6-3-13(11-23-18)17-7-8-22-19(25-17)24-15-4-1-12-2-5-16(10-14(12)9-15)29-20(27)26-28/h2-3,5-8,10-11,15,28H,1,4,9H2,(H,26,27)(H,22,24,25). The number of halogens is 1. The second-order valence-corrected chi connectivity index (χ2v) is 7.04. The van der Waals surface area contributed by atoms with Crippen LogP contribution in [0, 0.1) is 0 Å². The average molecular weight is 412 g/mol. The fraction of sp³-hybridized carbons (Fsp3) is 0.200. The summed E-state index contributed by atoms with van der Waals surface area (Å²) in [5.41, 5.74) is 5.36. The van der Waals surface area contributed by atoms with Crippen LogP contribution in [-0.2, 0) is 12.8 Å². The van der Waals surface area contributed by atoms with E-state index in [1.807, 2.05) is 24.3 Å². The van der Waals surface area contributed by atoms with E-state index in [2.05, 4.69) is 20.3 Å². The molecule has 0 aliphatic heterocycles. The van der Waals surface area contributed by atoms with Crippen molar-refractivity contribution < 1.29 is 14.7 Å². The number of carbonyl (C=O) groups excluding carboxylic acids is 1. The van der Waals surface area contributed by atoms with Crippen molar-refractivity contribution in [3.8, 4) is 17.0 Å². The summed E-state index contributed by atoms with van der Waals surface area (Å²) < 4.78 is 5.00. The summed E-state index contributed by atoms with van der Waals surface area (Å²) in [6.45, 7) is 0. The molecule has 0 spiro atoms. The van der Waals surface area contributed by atoms with Crippen molar-refractivity contribution in [3.63, 3.8) is 0 Å². The third kappa shape index (κ3) is 4.61. The molecule has 1 aliphatic rings. The van der Waals surface area contributed by atoms with Crippen LogP contribution >= 0.6 is 11.6 Å². The number of pyridine rings is 1. The third-order valence-corrected chi connectivity index (χ3v) is 4.94. The van der Waals surface area contributed by atoms with Crippen LogP contribution in [0.15, 0.2) is 48.8 Å². The first-order valence-electron chi connectivity index (χ1n) is 9.06. The zero-order valence-corrected chi connectivity index (χ0v) is 16.1. The lowest BCUT2D eigenvalue weighted by Crippen LogP contribution is -2.28. The van der Waals surface area contributed by atoms with Gasteiger partial charge < -0.3 is 10.1 Å². The molecule has 9 heteroatoms. The molecule has 1 aliphatic carbocycles. The zero-order chi connectivity index (χ0) is 20.2. The summed E-state index contributed by atoms with van der Waals surface area (Å²) >= 11 is 5.85. The molecule has 3 aromatic rings. The summed E-state index contributed by atoms with van der Waals surface area (Å²) in [5, 5.41) is 12.4. The van der Waals surface area contributed by atoms with Crippen LogP contribution in [0.1, 0.15) is 17.5 Å². The fourth-order valence-corrected chi connectivity index (χ4v) is 3.46. The van der Waals surface area contributed by atoms with Crippen molar-refractivity contribution in [1.29, 1.82) is 0 Å². The molecular weight excluding hydrogens is 394 g/mol. The highest BCUT2D eigenvalue weighted by Gasteiger charge is 2.20. The molecular formula is C20H18ClN5O3. The van der Waals surface area contributed by atoms with Crippen LogP contribution in [-0.4, -0.2) is 32.3 Å². The minimum absolute atomic E-state index is 0.142. The average Bonchev–Trinajstić information content (AvgIpc) is 2.74. The minimum Gasteiger partial charge on any atom is -0.409 e. The number of aromatic nitrogens is 3. The van der Waals surface area contributed by atoms with Gasteiger partial charge in [0.05, 0.1) is 5.69 Å². The number of ether oxygens (including phenoxy) is 1. The molecule has 2 aromatic heterocycles. The first kappa shape index (κ1) is 19.1.